The third-order valence-electron chi connectivity index (χ3n) is 2.67. The Balaban J connectivity index is 1.65. The molecular formula is C11H17NO3. The predicted molar refractivity (Wildman–Crippen MR) is 55.5 cm³/mol. The van der Waals surface area contributed by atoms with E-state index in [0.29, 0.717) is 18.2 Å². The number of hydrogen-bond acceptors (Lipinski definition) is 4. The summed E-state index contributed by atoms with van der Waals surface area (Å²) in [7, 11) is 0. The normalized spacial score (nSPS) is 23.1. The second kappa shape index (κ2) is 5.30. The monoisotopic (exact) mass is 211 g/mol. The number of ether oxygens (including phenoxy) is 1. The summed E-state index contributed by atoms with van der Waals surface area (Å²) in [6, 6.07) is 3.56. The highest BCUT2D eigenvalue weighted by Crippen LogP contribution is 2.13. The van der Waals surface area contributed by atoms with Crippen LogP contribution in [0.4, 0.5) is 0 Å². The maximum absolute atomic E-state index is 9.70. The molecule has 0 saturated carbocycles. The number of rotatable bonds is 5. The quantitative estimate of drug-likeness (QED) is 0.761. The molecular weight excluding hydrogens is 194 g/mol. The van der Waals surface area contributed by atoms with Crippen molar-refractivity contribution in [2.75, 3.05) is 26.3 Å². The van der Waals surface area contributed by atoms with Gasteiger partial charge in [0.05, 0.1) is 12.9 Å². The fraction of sp³-hybridized carbons (Fsp3) is 0.636. The maximum atomic E-state index is 9.70. The van der Waals surface area contributed by atoms with Crippen LogP contribution in [0.15, 0.2) is 22.8 Å². The predicted octanol–water partition coefficient (Wildman–Crippen LogP) is 0.939. The smallest absolute Gasteiger partial charge is 0.133 e. The van der Waals surface area contributed by atoms with Gasteiger partial charge in [-0.2, -0.15) is 0 Å². The molecule has 1 fully saturated rings. The van der Waals surface area contributed by atoms with Crippen molar-refractivity contribution in [2.24, 2.45) is 5.92 Å². The average molecular weight is 211 g/mol. The fourth-order valence-electron chi connectivity index (χ4n) is 1.75. The lowest BCUT2D eigenvalue weighted by Gasteiger charge is -2.12. The third-order valence-corrected chi connectivity index (χ3v) is 2.67. The molecule has 1 aromatic rings. The lowest BCUT2D eigenvalue weighted by atomic mass is 10.1. The van der Waals surface area contributed by atoms with Gasteiger partial charge < -0.3 is 19.6 Å². The van der Waals surface area contributed by atoms with E-state index >= 15 is 0 Å². The van der Waals surface area contributed by atoms with Crippen LogP contribution >= 0.6 is 0 Å². The lowest BCUT2D eigenvalue weighted by molar-refractivity contribution is 0.144. The summed E-state index contributed by atoms with van der Waals surface area (Å²) in [5.41, 5.74) is 0. The molecule has 4 nitrogen and oxygen atoms in total. The van der Waals surface area contributed by atoms with Crippen LogP contribution in [0, 0.1) is 5.92 Å². The molecule has 0 aliphatic carbocycles. The van der Waals surface area contributed by atoms with Crippen LogP contribution in [0.2, 0.25) is 0 Å². The molecule has 1 aliphatic heterocycles. The van der Waals surface area contributed by atoms with E-state index in [1.807, 2.05) is 0 Å². The van der Waals surface area contributed by atoms with E-state index in [4.69, 9.17) is 9.15 Å². The van der Waals surface area contributed by atoms with Crippen LogP contribution in [0.5, 0.6) is 0 Å². The van der Waals surface area contributed by atoms with Crippen LogP contribution in [0.3, 0.4) is 0 Å². The molecule has 15 heavy (non-hydrogen) atoms. The van der Waals surface area contributed by atoms with Gasteiger partial charge in [0, 0.05) is 19.7 Å². The second-order valence-corrected chi connectivity index (χ2v) is 3.92. The van der Waals surface area contributed by atoms with Crippen LogP contribution in [0.25, 0.3) is 0 Å². The summed E-state index contributed by atoms with van der Waals surface area (Å²) in [5.74, 6) is 1.21. The van der Waals surface area contributed by atoms with Crippen molar-refractivity contribution in [3.63, 3.8) is 0 Å². The zero-order valence-electron chi connectivity index (χ0n) is 8.69. The first kappa shape index (κ1) is 10.7. The van der Waals surface area contributed by atoms with Gasteiger partial charge in [-0.3, -0.25) is 0 Å². The van der Waals surface area contributed by atoms with Crippen molar-refractivity contribution < 1.29 is 14.3 Å². The number of furan rings is 1. The fourth-order valence-corrected chi connectivity index (χ4v) is 1.75. The number of aliphatic hydroxyl groups is 1. The Bertz CT molecular complexity index is 267. The van der Waals surface area contributed by atoms with Gasteiger partial charge in [0.15, 0.2) is 0 Å². The van der Waals surface area contributed by atoms with Gasteiger partial charge in [-0.1, -0.05) is 0 Å². The Kier molecular flexibility index (Phi) is 3.77. The van der Waals surface area contributed by atoms with E-state index in [-0.39, 0.29) is 0 Å². The molecule has 0 amide bonds. The summed E-state index contributed by atoms with van der Waals surface area (Å²) in [6.07, 6.45) is 2.13. The Labute approximate surface area is 89.2 Å². The Hall–Kier alpha value is -0.840. The standard InChI is InChI=1S/C11H17NO3/c13-10(11-2-1-4-15-11)7-12-6-9-3-5-14-8-9/h1-2,4,9-10,12-13H,3,5-8H2. The van der Waals surface area contributed by atoms with Crippen molar-refractivity contribution in [3.8, 4) is 0 Å². The maximum Gasteiger partial charge on any atom is 0.133 e. The molecule has 1 aliphatic rings. The summed E-state index contributed by atoms with van der Waals surface area (Å²) in [4.78, 5) is 0. The van der Waals surface area contributed by atoms with E-state index in [1.54, 1.807) is 18.4 Å². The third kappa shape index (κ3) is 3.06. The zero-order chi connectivity index (χ0) is 10.5. The van der Waals surface area contributed by atoms with Crippen LogP contribution in [-0.4, -0.2) is 31.4 Å². The topological polar surface area (TPSA) is 54.6 Å². The van der Waals surface area contributed by atoms with Crippen molar-refractivity contribution in [1.29, 1.82) is 0 Å². The SMILES string of the molecule is OC(CNCC1CCOC1)c1ccco1. The Morgan fingerprint density at radius 1 is 1.60 bits per heavy atom. The van der Waals surface area contributed by atoms with E-state index in [2.05, 4.69) is 5.32 Å². The summed E-state index contributed by atoms with van der Waals surface area (Å²) in [5, 5.41) is 12.9. The first-order valence-electron chi connectivity index (χ1n) is 5.36. The van der Waals surface area contributed by atoms with E-state index in [1.165, 1.54) is 0 Å². The first-order chi connectivity index (χ1) is 7.36. The molecule has 0 bridgehead atoms. The van der Waals surface area contributed by atoms with Crippen molar-refractivity contribution in [1.82, 2.24) is 5.32 Å². The molecule has 1 aromatic heterocycles. The minimum Gasteiger partial charge on any atom is -0.467 e. The largest absolute Gasteiger partial charge is 0.467 e. The van der Waals surface area contributed by atoms with Gasteiger partial charge in [0.1, 0.15) is 11.9 Å². The summed E-state index contributed by atoms with van der Waals surface area (Å²) < 4.78 is 10.4. The van der Waals surface area contributed by atoms with Crippen molar-refractivity contribution in [3.05, 3.63) is 24.2 Å². The number of nitrogens with one attached hydrogen (secondary N) is 1. The van der Waals surface area contributed by atoms with Crippen LogP contribution in [-0.2, 0) is 4.74 Å². The molecule has 84 valence electrons. The Morgan fingerprint density at radius 3 is 3.20 bits per heavy atom. The van der Waals surface area contributed by atoms with Crippen LogP contribution < -0.4 is 5.32 Å². The van der Waals surface area contributed by atoms with E-state index < -0.39 is 6.10 Å². The molecule has 1 saturated heterocycles. The van der Waals surface area contributed by atoms with Crippen molar-refractivity contribution in [2.45, 2.75) is 12.5 Å². The summed E-state index contributed by atoms with van der Waals surface area (Å²) >= 11 is 0. The van der Waals surface area contributed by atoms with Gasteiger partial charge in [-0.15, -0.1) is 0 Å². The van der Waals surface area contributed by atoms with Gasteiger partial charge >= 0.3 is 0 Å². The van der Waals surface area contributed by atoms with E-state index in [0.717, 1.165) is 26.2 Å². The van der Waals surface area contributed by atoms with Gasteiger partial charge in [0.2, 0.25) is 0 Å². The molecule has 2 rings (SSSR count). The average Bonchev–Trinajstić information content (AvgIpc) is 2.90. The highest BCUT2D eigenvalue weighted by Gasteiger charge is 2.16. The molecule has 2 heterocycles. The molecule has 0 aromatic carbocycles. The molecule has 2 atom stereocenters. The molecule has 0 spiro atoms. The van der Waals surface area contributed by atoms with E-state index in [9.17, 15) is 5.11 Å². The lowest BCUT2D eigenvalue weighted by Crippen LogP contribution is -2.27. The molecule has 2 N–H and O–H groups in total. The molecule has 2 unspecified atom stereocenters. The molecule has 4 heteroatoms. The highest BCUT2D eigenvalue weighted by atomic mass is 16.5. The first-order valence-corrected chi connectivity index (χ1v) is 5.36. The minimum atomic E-state index is -0.553. The number of hydrogen-bond donors (Lipinski definition) is 2. The van der Waals surface area contributed by atoms with Gasteiger partial charge in [-0.05, 0) is 24.5 Å². The zero-order valence-corrected chi connectivity index (χ0v) is 8.69. The Morgan fingerprint density at radius 2 is 2.53 bits per heavy atom. The number of aliphatic hydroxyl groups excluding tert-OH is 1. The summed E-state index contributed by atoms with van der Waals surface area (Å²) in [6.45, 7) is 3.14. The second-order valence-electron chi connectivity index (χ2n) is 3.92. The van der Waals surface area contributed by atoms with Crippen molar-refractivity contribution >= 4 is 0 Å². The molecule has 0 radical (unpaired) electrons. The highest BCUT2D eigenvalue weighted by molar-refractivity contribution is 5.02. The van der Waals surface area contributed by atoms with Gasteiger partial charge in [-0.25, -0.2) is 0 Å². The minimum absolute atomic E-state index is 0.532. The van der Waals surface area contributed by atoms with Gasteiger partial charge in [0.25, 0.3) is 0 Å². The van der Waals surface area contributed by atoms with Crippen LogP contribution in [0.1, 0.15) is 18.3 Å².